The first-order valence-electron chi connectivity index (χ1n) is 8.88. The molecule has 0 aliphatic rings. The number of amides is 1. The normalized spacial score (nSPS) is 11.8. The van der Waals surface area contributed by atoms with Crippen molar-refractivity contribution in [1.82, 2.24) is 20.1 Å². The first-order valence-corrected chi connectivity index (χ1v) is 9.26. The number of aryl methyl sites for hydroxylation is 1. The summed E-state index contributed by atoms with van der Waals surface area (Å²) in [5, 5.41) is 19.3. The Morgan fingerprint density at radius 2 is 1.97 bits per heavy atom. The molecule has 0 saturated heterocycles. The molecule has 150 valence electrons. The molecule has 3 rings (SSSR count). The molecule has 0 spiro atoms. The first kappa shape index (κ1) is 20.5. The third-order valence-corrected chi connectivity index (χ3v) is 4.46. The largest absolute Gasteiger partial charge is 0.480 e. The molecule has 1 atom stereocenters. The van der Waals surface area contributed by atoms with Gasteiger partial charge in [-0.15, -0.1) is 0 Å². The number of carbonyl (C=O) groups is 2. The van der Waals surface area contributed by atoms with Crippen LogP contribution in [0, 0.1) is 0 Å². The van der Waals surface area contributed by atoms with E-state index in [4.69, 9.17) is 16.7 Å². The number of pyridine rings is 1. The van der Waals surface area contributed by atoms with Crippen molar-refractivity contribution < 1.29 is 14.7 Å². The number of aliphatic carboxylic acids is 1. The van der Waals surface area contributed by atoms with Gasteiger partial charge in [-0.2, -0.15) is 5.10 Å². The topological polar surface area (TPSA) is 109 Å². The highest BCUT2D eigenvalue weighted by Gasteiger charge is 2.21. The van der Waals surface area contributed by atoms with Gasteiger partial charge in [-0.3, -0.25) is 19.6 Å². The quantitative estimate of drug-likeness (QED) is 0.489. The molecule has 2 heterocycles. The fourth-order valence-corrected chi connectivity index (χ4v) is 2.99. The molecular weight excluding hydrogens is 394 g/mol. The van der Waals surface area contributed by atoms with E-state index in [0.717, 1.165) is 11.1 Å². The summed E-state index contributed by atoms with van der Waals surface area (Å²) in [5.41, 5.74) is 2.32. The van der Waals surface area contributed by atoms with Crippen LogP contribution in [0.3, 0.4) is 0 Å². The van der Waals surface area contributed by atoms with Gasteiger partial charge >= 0.3 is 5.97 Å². The highest BCUT2D eigenvalue weighted by atomic mass is 35.5. The number of rotatable bonds is 8. The Labute approximate surface area is 172 Å². The summed E-state index contributed by atoms with van der Waals surface area (Å²) in [7, 11) is 1.71. The maximum Gasteiger partial charge on any atom is 0.317 e. The van der Waals surface area contributed by atoms with E-state index in [1.165, 1.54) is 0 Å². The lowest BCUT2D eigenvalue weighted by Gasteiger charge is -2.17. The zero-order chi connectivity index (χ0) is 20.8. The number of carbonyl (C=O) groups excluding carboxylic acids is 1. The summed E-state index contributed by atoms with van der Waals surface area (Å²) in [4.78, 5) is 27.7. The number of nitrogens with zero attached hydrogens (tertiary/aromatic N) is 3. The molecule has 9 heteroatoms. The van der Waals surface area contributed by atoms with Crippen LogP contribution >= 0.6 is 11.6 Å². The Hall–Kier alpha value is -3.23. The van der Waals surface area contributed by atoms with E-state index in [0.29, 0.717) is 23.1 Å². The van der Waals surface area contributed by atoms with Crippen LogP contribution in [-0.4, -0.2) is 44.3 Å². The van der Waals surface area contributed by atoms with Gasteiger partial charge in [-0.1, -0.05) is 41.9 Å². The highest BCUT2D eigenvalue weighted by molar-refractivity contribution is 6.29. The molecule has 0 saturated carbocycles. The zero-order valence-electron chi connectivity index (χ0n) is 15.7. The molecule has 1 aromatic carbocycles. The lowest BCUT2D eigenvalue weighted by molar-refractivity contribution is -0.136. The van der Waals surface area contributed by atoms with Crippen molar-refractivity contribution in [1.29, 1.82) is 0 Å². The summed E-state index contributed by atoms with van der Waals surface area (Å²) in [5.74, 6) is -0.904. The summed E-state index contributed by atoms with van der Waals surface area (Å²) in [6, 6.07) is 13.8. The van der Waals surface area contributed by atoms with E-state index in [9.17, 15) is 9.59 Å². The second-order valence-corrected chi connectivity index (χ2v) is 6.80. The van der Waals surface area contributed by atoms with Crippen LogP contribution in [0.4, 0.5) is 5.82 Å². The van der Waals surface area contributed by atoms with Gasteiger partial charge in [0, 0.05) is 24.9 Å². The number of hydrogen-bond donors (Lipinski definition) is 3. The van der Waals surface area contributed by atoms with Gasteiger partial charge in [-0.05, 0) is 24.1 Å². The van der Waals surface area contributed by atoms with Gasteiger partial charge in [0.15, 0.2) is 0 Å². The predicted octanol–water partition coefficient (Wildman–Crippen LogP) is 2.36. The Kier molecular flexibility index (Phi) is 6.58. The lowest BCUT2D eigenvalue weighted by Crippen LogP contribution is -2.44. The Morgan fingerprint density at radius 3 is 2.66 bits per heavy atom. The molecule has 0 fully saturated rings. The average molecular weight is 414 g/mol. The molecule has 29 heavy (non-hydrogen) atoms. The summed E-state index contributed by atoms with van der Waals surface area (Å²) >= 11 is 5.93. The molecule has 8 nitrogen and oxygen atoms in total. The van der Waals surface area contributed by atoms with E-state index in [-0.39, 0.29) is 12.5 Å². The highest BCUT2D eigenvalue weighted by Crippen LogP contribution is 2.23. The minimum absolute atomic E-state index is 0.322. The van der Waals surface area contributed by atoms with Crippen LogP contribution in [0.15, 0.2) is 54.7 Å². The molecular formula is C20H20ClN5O3. The van der Waals surface area contributed by atoms with Crippen molar-refractivity contribution in [2.45, 2.75) is 12.5 Å². The molecule has 1 amide bonds. The van der Waals surface area contributed by atoms with Crippen molar-refractivity contribution in [3.8, 4) is 11.3 Å². The van der Waals surface area contributed by atoms with Gasteiger partial charge in [-0.25, -0.2) is 4.98 Å². The Bertz CT molecular complexity index is 1010. The number of anilines is 1. The van der Waals surface area contributed by atoms with Crippen LogP contribution in [0.2, 0.25) is 5.15 Å². The molecule has 3 N–H and O–H groups in total. The third-order valence-electron chi connectivity index (χ3n) is 4.25. The second-order valence-electron chi connectivity index (χ2n) is 6.41. The van der Waals surface area contributed by atoms with Gasteiger partial charge in [0.2, 0.25) is 5.91 Å². The number of nitrogens with one attached hydrogen (secondary N) is 2. The van der Waals surface area contributed by atoms with Crippen molar-refractivity contribution in [2.75, 3.05) is 11.9 Å². The van der Waals surface area contributed by atoms with E-state index in [1.807, 2.05) is 30.3 Å². The lowest BCUT2D eigenvalue weighted by atomic mass is 10.1. The number of carboxylic acid groups (broad SMARTS) is 1. The monoisotopic (exact) mass is 413 g/mol. The number of halogens is 1. The summed E-state index contributed by atoms with van der Waals surface area (Å²) in [6.45, 7) is -0.322. The smallest absolute Gasteiger partial charge is 0.317 e. The van der Waals surface area contributed by atoms with E-state index in [1.54, 1.807) is 36.1 Å². The minimum atomic E-state index is -1.03. The van der Waals surface area contributed by atoms with Crippen LogP contribution < -0.4 is 10.6 Å². The fraction of sp³-hybridized carbons (Fsp3) is 0.200. The maximum absolute atomic E-state index is 12.8. The van der Waals surface area contributed by atoms with Gasteiger partial charge < -0.3 is 10.4 Å². The van der Waals surface area contributed by atoms with Crippen molar-refractivity contribution >= 4 is 29.3 Å². The molecule has 0 bridgehead atoms. The van der Waals surface area contributed by atoms with Crippen molar-refractivity contribution in [3.63, 3.8) is 0 Å². The Morgan fingerprint density at radius 1 is 1.21 bits per heavy atom. The number of aromatic nitrogens is 3. The fourth-order valence-electron chi connectivity index (χ4n) is 2.82. The molecule has 0 unspecified atom stereocenters. The molecule has 0 aliphatic carbocycles. The first-order chi connectivity index (χ1) is 13.9. The van der Waals surface area contributed by atoms with Crippen LogP contribution in [0.1, 0.15) is 5.56 Å². The van der Waals surface area contributed by atoms with E-state index >= 15 is 0 Å². The van der Waals surface area contributed by atoms with Crippen LogP contribution in [-0.2, 0) is 23.1 Å². The second kappa shape index (κ2) is 9.31. The summed E-state index contributed by atoms with van der Waals surface area (Å²) < 4.78 is 1.54. The SMILES string of the molecule is Cn1nc(-c2ccnc(Cl)c2)cc1NC(=O)[C@H](Cc1ccccc1)NCC(=O)O. The average Bonchev–Trinajstić information content (AvgIpc) is 3.06. The van der Waals surface area contributed by atoms with Crippen LogP contribution in [0.25, 0.3) is 11.3 Å². The van der Waals surface area contributed by atoms with Crippen molar-refractivity contribution in [2.24, 2.45) is 7.05 Å². The van der Waals surface area contributed by atoms with Gasteiger partial charge in [0.05, 0.1) is 18.3 Å². The van der Waals surface area contributed by atoms with Crippen molar-refractivity contribution in [3.05, 3.63) is 65.4 Å². The van der Waals surface area contributed by atoms with Crippen LogP contribution in [0.5, 0.6) is 0 Å². The molecule has 0 radical (unpaired) electrons. The van der Waals surface area contributed by atoms with Gasteiger partial charge in [0.25, 0.3) is 0 Å². The molecule has 2 aromatic heterocycles. The Balaban J connectivity index is 1.77. The van der Waals surface area contributed by atoms with E-state index in [2.05, 4.69) is 20.7 Å². The number of hydrogen-bond acceptors (Lipinski definition) is 5. The number of benzene rings is 1. The number of carboxylic acids is 1. The minimum Gasteiger partial charge on any atom is -0.480 e. The summed E-state index contributed by atoms with van der Waals surface area (Å²) in [6.07, 6.45) is 1.93. The standard InChI is InChI=1S/C20H20ClN5O3/c1-26-18(11-15(25-26)14-7-8-22-17(21)10-14)24-20(29)16(23-12-19(27)28)9-13-5-3-2-4-6-13/h2-8,10-11,16,23H,9,12H2,1H3,(H,24,29)(H,27,28)/t16-/m0/s1. The predicted molar refractivity (Wildman–Crippen MR) is 110 cm³/mol. The zero-order valence-corrected chi connectivity index (χ0v) is 16.4. The van der Waals surface area contributed by atoms with E-state index < -0.39 is 12.0 Å². The maximum atomic E-state index is 12.8. The van der Waals surface area contributed by atoms with Gasteiger partial charge in [0.1, 0.15) is 11.0 Å². The molecule has 3 aromatic rings. The molecule has 0 aliphatic heterocycles. The third kappa shape index (κ3) is 5.63.